The van der Waals surface area contributed by atoms with Gasteiger partial charge >= 0.3 is 0 Å². The maximum absolute atomic E-state index is 12.1. The fourth-order valence-corrected chi connectivity index (χ4v) is 3.88. The first kappa shape index (κ1) is 15.6. The van der Waals surface area contributed by atoms with Gasteiger partial charge in [0, 0.05) is 11.0 Å². The first-order chi connectivity index (χ1) is 11.7. The summed E-state index contributed by atoms with van der Waals surface area (Å²) in [5.41, 5.74) is 2.61. The average Bonchev–Trinajstić information content (AvgIpc) is 3.24. The molecule has 0 radical (unpaired) electrons. The molecular formula is C17H15BrN4OS. The molecule has 1 aromatic carbocycles. The smallest absolute Gasteiger partial charge is 0.269 e. The molecule has 0 bridgehead atoms. The number of hydrogen-bond acceptors (Lipinski definition) is 4. The van der Waals surface area contributed by atoms with Crippen molar-refractivity contribution in [1.82, 2.24) is 20.4 Å². The summed E-state index contributed by atoms with van der Waals surface area (Å²) >= 11 is 5.11. The molecule has 1 atom stereocenters. The predicted molar refractivity (Wildman–Crippen MR) is 97.9 cm³/mol. The molecule has 7 heteroatoms. The maximum atomic E-state index is 12.1. The molecule has 3 heterocycles. The van der Waals surface area contributed by atoms with E-state index in [0.717, 1.165) is 15.0 Å². The Balaban J connectivity index is 1.58. The largest absolute Gasteiger partial charge is 0.347 e. The van der Waals surface area contributed by atoms with E-state index >= 15 is 0 Å². The van der Waals surface area contributed by atoms with Crippen LogP contribution in [-0.4, -0.2) is 22.2 Å². The molecule has 0 unspecified atom stereocenters. The number of thiophene rings is 1. The van der Waals surface area contributed by atoms with Gasteiger partial charge < -0.3 is 5.32 Å². The molecule has 0 saturated heterocycles. The molecule has 2 aromatic heterocycles. The Morgan fingerprint density at radius 2 is 2.25 bits per heavy atom. The van der Waals surface area contributed by atoms with Crippen LogP contribution in [0, 0.1) is 0 Å². The Bertz CT molecular complexity index is 875. The zero-order valence-corrected chi connectivity index (χ0v) is 15.1. The molecule has 3 aromatic rings. The van der Waals surface area contributed by atoms with Gasteiger partial charge in [-0.25, -0.2) is 4.68 Å². The number of benzene rings is 1. The van der Waals surface area contributed by atoms with Crippen LogP contribution in [0.4, 0.5) is 0 Å². The van der Waals surface area contributed by atoms with Gasteiger partial charge in [-0.15, -0.1) is 11.3 Å². The van der Waals surface area contributed by atoms with E-state index in [2.05, 4.69) is 43.8 Å². The van der Waals surface area contributed by atoms with Crippen molar-refractivity contribution >= 4 is 33.2 Å². The second-order valence-corrected chi connectivity index (χ2v) is 7.44. The molecule has 122 valence electrons. The van der Waals surface area contributed by atoms with Gasteiger partial charge in [-0.1, -0.05) is 34.1 Å². The number of nitrogens with zero attached hydrogens (tertiary/aromatic N) is 2. The van der Waals surface area contributed by atoms with Crippen LogP contribution in [-0.2, 0) is 6.54 Å². The van der Waals surface area contributed by atoms with Crippen molar-refractivity contribution in [2.75, 3.05) is 6.54 Å². The van der Waals surface area contributed by atoms with Crippen LogP contribution in [0.15, 0.2) is 52.3 Å². The van der Waals surface area contributed by atoms with Crippen molar-refractivity contribution in [1.29, 1.82) is 0 Å². The van der Waals surface area contributed by atoms with Gasteiger partial charge in [-0.2, -0.15) is 5.10 Å². The third kappa shape index (κ3) is 3.02. The van der Waals surface area contributed by atoms with Crippen molar-refractivity contribution in [2.24, 2.45) is 0 Å². The Labute approximate surface area is 151 Å². The van der Waals surface area contributed by atoms with Crippen LogP contribution in [0.5, 0.6) is 0 Å². The van der Waals surface area contributed by atoms with Gasteiger partial charge in [-0.3, -0.25) is 10.1 Å². The lowest BCUT2D eigenvalue weighted by atomic mass is 10.2. The summed E-state index contributed by atoms with van der Waals surface area (Å²) < 4.78 is 2.85. The number of carbonyl (C=O) groups excluding carboxylic acids is 1. The number of fused-ring (bicyclic) bond motifs is 1. The second-order valence-electron chi connectivity index (χ2n) is 5.57. The number of nitrogens with one attached hydrogen (secondary N) is 2. The molecule has 1 aliphatic heterocycles. The van der Waals surface area contributed by atoms with Gasteiger partial charge in [0.05, 0.1) is 11.4 Å². The average molecular weight is 403 g/mol. The standard InChI is InChI=1S/C17H15BrN4OS/c18-12-4-1-3-11(7-12)9-19-16-10-20-17(23)14-8-13(21-22(14)16)15-5-2-6-24-15/h1-8,16,19H,9-10H2,(H,20,23)/t16-/m1/s1. The van der Waals surface area contributed by atoms with Crippen molar-refractivity contribution < 1.29 is 4.79 Å². The molecule has 0 spiro atoms. The van der Waals surface area contributed by atoms with E-state index < -0.39 is 0 Å². The number of halogens is 1. The fourth-order valence-electron chi connectivity index (χ4n) is 2.75. The fraction of sp³-hybridized carbons (Fsp3) is 0.176. The van der Waals surface area contributed by atoms with Crippen LogP contribution in [0.25, 0.3) is 10.6 Å². The molecule has 1 amide bonds. The van der Waals surface area contributed by atoms with E-state index in [1.807, 2.05) is 35.7 Å². The third-order valence-corrected chi connectivity index (χ3v) is 5.31. The molecule has 5 nitrogen and oxygen atoms in total. The molecule has 2 N–H and O–H groups in total. The number of aromatic nitrogens is 2. The highest BCUT2D eigenvalue weighted by Crippen LogP contribution is 2.26. The zero-order chi connectivity index (χ0) is 16.5. The minimum absolute atomic E-state index is 0.0645. The first-order valence-corrected chi connectivity index (χ1v) is 9.27. The molecule has 0 aliphatic carbocycles. The van der Waals surface area contributed by atoms with Crippen LogP contribution < -0.4 is 10.6 Å². The van der Waals surface area contributed by atoms with Crippen LogP contribution in [0.1, 0.15) is 22.2 Å². The SMILES string of the molecule is O=C1NC[C@H](NCc2cccc(Br)c2)n2nc(-c3cccs3)cc21. The lowest BCUT2D eigenvalue weighted by Gasteiger charge is -2.25. The van der Waals surface area contributed by atoms with E-state index in [9.17, 15) is 4.79 Å². The minimum Gasteiger partial charge on any atom is -0.347 e. The number of amides is 1. The van der Waals surface area contributed by atoms with Gasteiger partial charge in [0.2, 0.25) is 0 Å². The third-order valence-electron chi connectivity index (χ3n) is 3.92. The van der Waals surface area contributed by atoms with Crippen molar-refractivity contribution in [3.05, 3.63) is 63.6 Å². The summed E-state index contributed by atoms with van der Waals surface area (Å²) in [4.78, 5) is 13.2. The number of carbonyl (C=O) groups is 1. The monoisotopic (exact) mass is 402 g/mol. The van der Waals surface area contributed by atoms with E-state index in [-0.39, 0.29) is 12.1 Å². The molecule has 24 heavy (non-hydrogen) atoms. The van der Waals surface area contributed by atoms with E-state index in [0.29, 0.717) is 18.8 Å². The summed E-state index contributed by atoms with van der Waals surface area (Å²) in [5, 5.41) is 13.1. The Morgan fingerprint density at radius 3 is 3.04 bits per heavy atom. The van der Waals surface area contributed by atoms with Crippen molar-refractivity contribution in [3.63, 3.8) is 0 Å². The summed E-state index contributed by atoms with van der Waals surface area (Å²) in [6.07, 6.45) is -0.0645. The van der Waals surface area contributed by atoms with E-state index in [1.54, 1.807) is 16.0 Å². The second kappa shape index (κ2) is 6.51. The molecule has 0 saturated carbocycles. The summed E-state index contributed by atoms with van der Waals surface area (Å²) in [7, 11) is 0. The quantitative estimate of drug-likeness (QED) is 0.702. The maximum Gasteiger partial charge on any atom is 0.269 e. The zero-order valence-electron chi connectivity index (χ0n) is 12.7. The highest BCUT2D eigenvalue weighted by Gasteiger charge is 2.27. The Hall–Kier alpha value is -1.96. The Kier molecular flexibility index (Phi) is 4.22. The number of hydrogen-bond donors (Lipinski definition) is 2. The van der Waals surface area contributed by atoms with E-state index in [4.69, 9.17) is 0 Å². The van der Waals surface area contributed by atoms with Crippen molar-refractivity contribution in [2.45, 2.75) is 12.7 Å². The van der Waals surface area contributed by atoms with Gasteiger partial charge in [0.25, 0.3) is 5.91 Å². The minimum atomic E-state index is -0.0780. The lowest BCUT2D eigenvalue weighted by Crippen LogP contribution is -2.45. The Morgan fingerprint density at radius 1 is 1.33 bits per heavy atom. The predicted octanol–water partition coefficient (Wildman–Crippen LogP) is 3.41. The molecule has 0 fully saturated rings. The summed E-state index contributed by atoms with van der Waals surface area (Å²) in [6, 6.07) is 14.0. The topological polar surface area (TPSA) is 59.0 Å². The summed E-state index contributed by atoms with van der Waals surface area (Å²) in [5.74, 6) is -0.0780. The van der Waals surface area contributed by atoms with Gasteiger partial charge in [0.1, 0.15) is 17.6 Å². The first-order valence-electron chi connectivity index (χ1n) is 7.60. The van der Waals surface area contributed by atoms with Crippen LogP contribution in [0.2, 0.25) is 0 Å². The molecular weight excluding hydrogens is 388 g/mol. The van der Waals surface area contributed by atoms with Gasteiger partial charge in [0.15, 0.2) is 0 Å². The summed E-state index contributed by atoms with van der Waals surface area (Å²) in [6.45, 7) is 1.22. The lowest BCUT2D eigenvalue weighted by molar-refractivity contribution is 0.0900. The number of rotatable bonds is 4. The molecule has 4 rings (SSSR count). The normalized spacial score (nSPS) is 16.7. The molecule has 1 aliphatic rings. The van der Waals surface area contributed by atoms with Crippen molar-refractivity contribution in [3.8, 4) is 10.6 Å². The van der Waals surface area contributed by atoms with Crippen LogP contribution >= 0.6 is 27.3 Å². The van der Waals surface area contributed by atoms with Gasteiger partial charge in [-0.05, 0) is 35.2 Å². The van der Waals surface area contributed by atoms with E-state index in [1.165, 1.54) is 5.56 Å². The highest BCUT2D eigenvalue weighted by atomic mass is 79.9. The highest BCUT2D eigenvalue weighted by molar-refractivity contribution is 9.10. The van der Waals surface area contributed by atoms with Crippen LogP contribution in [0.3, 0.4) is 0 Å².